The van der Waals surface area contributed by atoms with E-state index in [-0.39, 0.29) is 6.04 Å². The molecule has 1 fully saturated rings. The topological polar surface area (TPSA) is 61.4 Å². The second-order valence-corrected chi connectivity index (χ2v) is 9.62. The van der Waals surface area contributed by atoms with E-state index in [0.717, 1.165) is 45.4 Å². The second kappa shape index (κ2) is 7.07. The zero-order valence-corrected chi connectivity index (χ0v) is 15.7. The van der Waals surface area contributed by atoms with E-state index in [1.807, 2.05) is 0 Å². The number of piperidine rings is 1. The number of benzene rings is 1. The van der Waals surface area contributed by atoms with Gasteiger partial charge in [0, 0.05) is 37.9 Å². The molecular formula is C18H23N3O2S2. The van der Waals surface area contributed by atoms with Crippen LogP contribution in [0.2, 0.25) is 0 Å². The third kappa shape index (κ3) is 3.74. The highest BCUT2D eigenvalue weighted by Crippen LogP contribution is 2.28. The number of hydrogen-bond donors (Lipinski definition) is 2. The molecule has 1 saturated heterocycles. The van der Waals surface area contributed by atoms with Gasteiger partial charge in [0.15, 0.2) is 0 Å². The summed E-state index contributed by atoms with van der Waals surface area (Å²) in [7, 11) is -3.36. The Morgan fingerprint density at radius 2 is 2.04 bits per heavy atom. The molecule has 7 heteroatoms. The summed E-state index contributed by atoms with van der Waals surface area (Å²) >= 11 is 1.26. The lowest BCUT2D eigenvalue weighted by atomic mass is 10.0. The fraction of sp³-hybridized carbons (Fsp3) is 0.444. The minimum Gasteiger partial charge on any atom is -0.384 e. The number of thiophene rings is 1. The van der Waals surface area contributed by atoms with Crippen molar-refractivity contribution >= 4 is 27.0 Å². The van der Waals surface area contributed by atoms with Gasteiger partial charge in [-0.05, 0) is 41.8 Å². The number of fused-ring (bicyclic) bond motifs is 1. The number of nitrogens with zero attached hydrogens (tertiary/aromatic N) is 1. The van der Waals surface area contributed by atoms with Gasteiger partial charge in [-0.3, -0.25) is 4.90 Å². The van der Waals surface area contributed by atoms with E-state index in [9.17, 15) is 8.42 Å². The maximum atomic E-state index is 12.3. The average Bonchev–Trinajstić information content (AvgIpc) is 3.28. The van der Waals surface area contributed by atoms with Crippen molar-refractivity contribution in [2.24, 2.45) is 0 Å². The molecule has 0 aliphatic carbocycles. The number of anilines is 1. The molecule has 2 aliphatic rings. The van der Waals surface area contributed by atoms with Crippen molar-refractivity contribution in [3.63, 3.8) is 0 Å². The van der Waals surface area contributed by atoms with E-state index >= 15 is 0 Å². The quantitative estimate of drug-likeness (QED) is 0.841. The standard InChI is InChI=1S/C18H23N3O2S2/c22-25(23,17-5-2-12-24-17)20-16-7-10-21(11-8-16)13-15-4-1-3-14-6-9-19-18(14)15/h1-5,12,16,19-20H,6-11,13H2. The van der Waals surface area contributed by atoms with Crippen molar-refractivity contribution in [3.05, 3.63) is 46.8 Å². The lowest BCUT2D eigenvalue weighted by Gasteiger charge is -2.32. The molecular weight excluding hydrogens is 354 g/mol. The number of hydrogen-bond acceptors (Lipinski definition) is 5. The SMILES string of the molecule is O=S(=O)(NC1CCN(Cc2cccc3c2NCC3)CC1)c1cccs1. The third-order valence-electron chi connectivity index (χ3n) is 5.00. The van der Waals surface area contributed by atoms with Crippen LogP contribution in [0, 0.1) is 0 Å². The molecule has 4 rings (SSSR count). The van der Waals surface area contributed by atoms with Crippen LogP contribution in [-0.2, 0) is 23.0 Å². The van der Waals surface area contributed by atoms with Crippen molar-refractivity contribution in [1.29, 1.82) is 0 Å². The first-order chi connectivity index (χ1) is 12.1. The summed E-state index contributed by atoms with van der Waals surface area (Å²) in [4.78, 5) is 2.42. The van der Waals surface area contributed by atoms with Gasteiger partial charge in [-0.15, -0.1) is 11.3 Å². The van der Waals surface area contributed by atoms with Crippen LogP contribution >= 0.6 is 11.3 Å². The molecule has 5 nitrogen and oxygen atoms in total. The Kier molecular flexibility index (Phi) is 4.82. The highest BCUT2D eigenvalue weighted by Gasteiger charge is 2.26. The van der Waals surface area contributed by atoms with Crippen molar-refractivity contribution in [3.8, 4) is 0 Å². The zero-order chi connectivity index (χ0) is 17.3. The van der Waals surface area contributed by atoms with Gasteiger partial charge in [-0.25, -0.2) is 13.1 Å². The van der Waals surface area contributed by atoms with Crippen LogP contribution in [0.25, 0.3) is 0 Å². The first kappa shape index (κ1) is 17.0. The molecule has 25 heavy (non-hydrogen) atoms. The summed E-state index contributed by atoms with van der Waals surface area (Å²) in [6, 6.07) is 10.00. The molecule has 0 atom stereocenters. The van der Waals surface area contributed by atoms with Gasteiger partial charge >= 0.3 is 0 Å². The second-order valence-electron chi connectivity index (χ2n) is 6.73. The first-order valence-electron chi connectivity index (χ1n) is 8.75. The third-order valence-corrected chi connectivity index (χ3v) is 7.91. The van der Waals surface area contributed by atoms with Crippen LogP contribution in [0.15, 0.2) is 39.9 Å². The molecule has 2 aliphatic heterocycles. The summed E-state index contributed by atoms with van der Waals surface area (Å²) in [6.45, 7) is 3.79. The first-order valence-corrected chi connectivity index (χ1v) is 11.1. The van der Waals surface area contributed by atoms with Gasteiger partial charge in [0.25, 0.3) is 0 Å². The highest BCUT2D eigenvalue weighted by molar-refractivity contribution is 7.91. The minimum absolute atomic E-state index is 0.0305. The van der Waals surface area contributed by atoms with Crippen molar-refractivity contribution in [1.82, 2.24) is 9.62 Å². The lowest BCUT2D eigenvalue weighted by Crippen LogP contribution is -2.44. The predicted molar refractivity (Wildman–Crippen MR) is 102 cm³/mol. The number of para-hydroxylation sites is 1. The molecule has 0 bridgehead atoms. The van der Waals surface area contributed by atoms with E-state index in [0.29, 0.717) is 4.21 Å². The number of rotatable bonds is 5. The maximum Gasteiger partial charge on any atom is 0.250 e. The molecule has 0 radical (unpaired) electrons. The summed E-state index contributed by atoms with van der Waals surface area (Å²) in [6.07, 6.45) is 2.82. The maximum absolute atomic E-state index is 12.3. The summed E-state index contributed by atoms with van der Waals surface area (Å²) in [5, 5.41) is 5.29. The van der Waals surface area contributed by atoms with E-state index in [1.165, 1.54) is 28.2 Å². The molecule has 2 N–H and O–H groups in total. The van der Waals surface area contributed by atoms with Gasteiger partial charge in [-0.2, -0.15) is 0 Å². The molecule has 0 unspecified atom stereocenters. The summed E-state index contributed by atoms with van der Waals surface area (Å²) < 4.78 is 27.9. The predicted octanol–water partition coefficient (Wildman–Crippen LogP) is 2.66. The summed E-state index contributed by atoms with van der Waals surface area (Å²) in [5.74, 6) is 0. The van der Waals surface area contributed by atoms with Crippen LogP contribution in [0.3, 0.4) is 0 Å². The largest absolute Gasteiger partial charge is 0.384 e. The molecule has 0 saturated carbocycles. The van der Waals surface area contributed by atoms with Crippen molar-refractivity contribution in [2.75, 3.05) is 25.0 Å². The molecule has 2 aromatic rings. The van der Waals surface area contributed by atoms with E-state index in [2.05, 4.69) is 33.1 Å². The Hall–Kier alpha value is -1.41. The van der Waals surface area contributed by atoms with Gasteiger partial charge in [0.2, 0.25) is 10.0 Å². The van der Waals surface area contributed by atoms with E-state index in [1.54, 1.807) is 17.5 Å². The molecule has 134 valence electrons. The van der Waals surface area contributed by atoms with Crippen LogP contribution in [0.1, 0.15) is 24.0 Å². The Bertz CT molecular complexity index is 826. The van der Waals surface area contributed by atoms with E-state index in [4.69, 9.17) is 0 Å². The Labute approximate surface area is 153 Å². The molecule has 1 aromatic carbocycles. The van der Waals surface area contributed by atoms with Crippen LogP contribution in [0.4, 0.5) is 5.69 Å². The number of likely N-dealkylation sites (tertiary alicyclic amines) is 1. The Balaban J connectivity index is 1.34. The summed E-state index contributed by atoms with van der Waals surface area (Å²) in [5.41, 5.74) is 4.08. The molecule has 1 aromatic heterocycles. The normalized spacial score (nSPS) is 18.9. The van der Waals surface area contributed by atoms with E-state index < -0.39 is 10.0 Å². The lowest BCUT2D eigenvalue weighted by molar-refractivity contribution is 0.200. The van der Waals surface area contributed by atoms with Gasteiger partial charge in [-0.1, -0.05) is 24.3 Å². The van der Waals surface area contributed by atoms with Crippen LogP contribution in [-0.4, -0.2) is 39.0 Å². The molecule has 3 heterocycles. The Morgan fingerprint density at radius 1 is 1.20 bits per heavy atom. The Morgan fingerprint density at radius 3 is 2.80 bits per heavy atom. The number of nitrogens with one attached hydrogen (secondary N) is 2. The minimum atomic E-state index is -3.36. The molecule has 0 amide bonds. The average molecular weight is 378 g/mol. The monoisotopic (exact) mass is 377 g/mol. The van der Waals surface area contributed by atoms with Gasteiger partial charge in [0.05, 0.1) is 0 Å². The van der Waals surface area contributed by atoms with Gasteiger partial charge < -0.3 is 5.32 Å². The van der Waals surface area contributed by atoms with Crippen molar-refractivity contribution < 1.29 is 8.42 Å². The van der Waals surface area contributed by atoms with Gasteiger partial charge in [0.1, 0.15) is 4.21 Å². The van der Waals surface area contributed by atoms with Crippen LogP contribution in [0.5, 0.6) is 0 Å². The van der Waals surface area contributed by atoms with Crippen LogP contribution < -0.4 is 10.0 Å². The molecule has 0 spiro atoms. The highest BCUT2D eigenvalue weighted by atomic mass is 32.2. The smallest absolute Gasteiger partial charge is 0.250 e. The zero-order valence-electron chi connectivity index (χ0n) is 14.1. The number of sulfonamides is 1. The van der Waals surface area contributed by atoms with Crippen molar-refractivity contribution in [2.45, 2.75) is 36.1 Å². The fourth-order valence-electron chi connectivity index (χ4n) is 3.69. The fourth-order valence-corrected chi connectivity index (χ4v) is 6.00.